The first-order valence-corrected chi connectivity index (χ1v) is 19.8. The Morgan fingerprint density at radius 2 is 1.04 bits per heavy atom. The van der Waals surface area contributed by atoms with Crippen molar-refractivity contribution in [3.8, 4) is 28.3 Å². The Morgan fingerprint density at radius 1 is 0.423 bits per heavy atom. The van der Waals surface area contributed by atoms with Gasteiger partial charge in [-0.1, -0.05) is 140 Å². The molecule has 4 heteroatoms. The molecule has 3 heterocycles. The molecule has 2 aromatic heterocycles. The van der Waals surface area contributed by atoms with Crippen LogP contribution in [0.2, 0.25) is 0 Å². The summed E-state index contributed by atoms with van der Waals surface area (Å²) in [5.74, 6) is 1.82. The quantitative estimate of drug-likeness (QED) is 0.173. The highest BCUT2D eigenvalue weighted by atomic mass is 28.3. The summed E-state index contributed by atoms with van der Waals surface area (Å²) in [5.41, 5.74) is 7.59. The van der Waals surface area contributed by atoms with Crippen molar-refractivity contribution in [3.63, 3.8) is 0 Å². The molecule has 1 atom stereocenters. The second-order valence-corrected chi connectivity index (χ2v) is 17.4. The van der Waals surface area contributed by atoms with Gasteiger partial charge in [0.2, 0.25) is 0 Å². The van der Waals surface area contributed by atoms with Gasteiger partial charge < -0.3 is 13.7 Å². The van der Waals surface area contributed by atoms with Crippen LogP contribution in [0.15, 0.2) is 192 Å². The zero-order valence-electron chi connectivity index (χ0n) is 28.2. The minimum atomic E-state index is -2.85. The van der Waals surface area contributed by atoms with Crippen LogP contribution >= 0.6 is 0 Å². The first kappa shape index (κ1) is 29.1. The van der Waals surface area contributed by atoms with Crippen molar-refractivity contribution in [1.82, 2.24) is 4.57 Å². The number of hydrogen-bond donors (Lipinski definition) is 0. The van der Waals surface area contributed by atoms with Gasteiger partial charge in [-0.2, -0.15) is 0 Å². The molecular weight excluding hydrogens is 651 g/mol. The number of fused-ring (bicyclic) bond motifs is 8. The molecule has 0 bridgehead atoms. The first-order chi connectivity index (χ1) is 25.8. The van der Waals surface area contributed by atoms with Crippen LogP contribution in [0.25, 0.3) is 60.6 Å². The van der Waals surface area contributed by atoms with Gasteiger partial charge in [0, 0.05) is 27.2 Å². The topological polar surface area (TPSA) is 27.3 Å². The van der Waals surface area contributed by atoms with Crippen LogP contribution in [0, 0.1) is 0 Å². The predicted octanol–water partition coefficient (Wildman–Crippen LogP) is 9.83. The smallest absolute Gasteiger partial charge is 0.188 e. The maximum Gasteiger partial charge on any atom is 0.188 e. The zero-order chi connectivity index (χ0) is 34.2. The lowest BCUT2D eigenvalue weighted by Crippen LogP contribution is -2.76. The van der Waals surface area contributed by atoms with Crippen molar-refractivity contribution < 1.29 is 9.15 Å². The van der Waals surface area contributed by atoms with Crippen LogP contribution < -0.4 is 25.5 Å². The predicted molar refractivity (Wildman–Crippen MR) is 217 cm³/mol. The van der Waals surface area contributed by atoms with E-state index in [-0.39, 0.29) is 0 Å². The highest BCUT2D eigenvalue weighted by molar-refractivity contribution is 7.20. The van der Waals surface area contributed by atoms with Gasteiger partial charge in [-0.25, -0.2) is 0 Å². The van der Waals surface area contributed by atoms with Gasteiger partial charge in [0.15, 0.2) is 8.07 Å². The Morgan fingerprint density at radius 3 is 1.83 bits per heavy atom. The molecule has 0 N–H and O–H groups in total. The molecule has 0 saturated heterocycles. The number of benzene rings is 8. The highest BCUT2D eigenvalue weighted by Crippen LogP contribution is 2.39. The number of aromatic nitrogens is 1. The number of furan rings is 1. The van der Waals surface area contributed by atoms with Crippen molar-refractivity contribution >= 4 is 72.6 Å². The monoisotopic (exact) mass is 681 g/mol. The van der Waals surface area contributed by atoms with Gasteiger partial charge in [0.1, 0.15) is 22.7 Å². The zero-order valence-corrected chi connectivity index (χ0v) is 29.2. The minimum Gasteiger partial charge on any atom is -0.458 e. The molecule has 1 unspecified atom stereocenters. The van der Waals surface area contributed by atoms with E-state index < -0.39 is 8.07 Å². The summed E-state index contributed by atoms with van der Waals surface area (Å²) in [5, 5.41) is 9.92. The maximum atomic E-state index is 6.91. The SMILES string of the molecule is c1ccc([Si]2(c3ccc(-n4c5ccccc5c5ccccc54)cc3)c3ccccc3Oc3cc(-c4cccc5oc6ccccc6c45)ccc32)cc1. The van der Waals surface area contributed by atoms with Gasteiger partial charge >= 0.3 is 0 Å². The summed E-state index contributed by atoms with van der Waals surface area (Å²) in [6.07, 6.45) is 0. The molecule has 52 heavy (non-hydrogen) atoms. The van der Waals surface area contributed by atoms with E-state index in [1.54, 1.807) is 0 Å². The molecule has 0 fully saturated rings. The number of rotatable bonds is 4. The Hall–Kier alpha value is -6.62. The highest BCUT2D eigenvalue weighted by Gasteiger charge is 2.48. The summed E-state index contributed by atoms with van der Waals surface area (Å²) in [6.45, 7) is 0. The number of nitrogens with zero attached hydrogens (tertiary/aromatic N) is 1. The third kappa shape index (κ3) is 4.07. The molecule has 0 amide bonds. The van der Waals surface area contributed by atoms with Crippen molar-refractivity contribution in [2.45, 2.75) is 0 Å². The number of hydrogen-bond acceptors (Lipinski definition) is 2. The lowest BCUT2D eigenvalue weighted by Gasteiger charge is -2.39. The van der Waals surface area contributed by atoms with E-state index in [1.807, 2.05) is 12.1 Å². The van der Waals surface area contributed by atoms with Gasteiger partial charge in [-0.05, 0) is 80.4 Å². The van der Waals surface area contributed by atoms with Crippen molar-refractivity contribution in [2.24, 2.45) is 0 Å². The Balaban J connectivity index is 1.15. The van der Waals surface area contributed by atoms with Crippen LogP contribution in [0.4, 0.5) is 0 Å². The van der Waals surface area contributed by atoms with Gasteiger partial charge in [0.25, 0.3) is 0 Å². The van der Waals surface area contributed by atoms with Crippen LogP contribution in [0.5, 0.6) is 11.5 Å². The van der Waals surface area contributed by atoms with Gasteiger partial charge in [-0.15, -0.1) is 0 Å². The molecule has 0 saturated carbocycles. The first-order valence-electron chi connectivity index (χ1n) is 17.8. The fraction of sp³-hybridized carbons (Fsp3) is 0. The van der Waals surface area contributed by atoms with E-state index in [0.29, 0.717) is 0 Å². The van der Waals surface area contributed by atoms with E-state index in [9.17, 15) is 0 Å². The molecule has 1 aliphatic rings. The van der Waals surface area contributed by atoms with Crippen molar-refractivity contribution in [3.05, 3.63) is 188 Å². The summed E-state index contributed by atoms with van der Waals surface area (Å²) in [7, 11) is -2.85. The average Bonchev–Trinajstić information content (AvgIpc) is 3.76. The van der Waals surface area contributed by atoms with Crippen LogP contribution in [-0.2, 0) is 0 Å². The Kier molecular flexibility index (Phi) is 6.27. The Bertz CT molecular complexity index is 2940. The van der Waals surface area contributed by atoms with Crippen molar-refractivity contribution in [1.29, 1.82) is 0 Å². The molecule has 11 rings (SSSR count). The molecule has 0 aliphatic carbocycles. The van der Waals surface area contributed by atoms with Gasteiger partial charge in [0.05, 0.1) is 11.0 Å². The number of para-hydroxylation sites is 4. The fourth-order valence-electron chi connectivity index (χ4n) is 8.77. The molecule has 244 valence electrons. The maximum absolute atomic E-state index is 6.91. The van der Waals surface area contributed by atoms with Crippen molar-refractivity contribution in [2.75, 3.05) is 0 Å². The normalized spacial score (nSPS) is 15.2. The molecule has 3 nitrogen and oxygen atoms in total. The standard InChI is InChI=1S/C48H31NO2Si/c1-2-13-34(14-3-1)52(35-28-26-33(27-29-35)49-40-19-7-4-15-37(40)38-16-5-8-20-41(38)49)46-24-11-10-22-43(46)51-45-31-32(25-30-47(45)52)36-18-12-23-44-48(36)39-17-6-9-21-42(39)50-44/h1-31H. The fourth-order valence-corrected chi connectivity index (χ4v) is 13.7. The Labute approximate surface area is 301 Å². The van der Waals surface area contributed by atoms with Gasteiger partial charge in [-0.3, -0.25) is 0 Å². The lowest BCUT2D eigenvalue weighted by atomic mass is 9.99. The molecular formula is C48H31NO2Si. The molecule has 1 aliphatic heterocycles. The summed E-state index contributed by atoms with van der Waals surface area (Å²) >= 11 is 0. The molecule has 10 aromatic rings. The van der Waals surface area contributed by atoms with Crippen LogP contribution in [0.1, 0.15) is 0 Å². The second kappa shape index (κ2) is 11.2. The van der Waals surface area contributed by atoms with E-state index in [4.69, 9.17) is 9.15 Å². The largest absolute Gasteiger partial charge is 0.458 e. The lowest BCUT2D eigenvalue weighted by molar-refractivity contribution is 0.487. The third-order valence-corrected chi connectivity index (χ3v) is 15.8. The molecule has 0 radical (unpaired) electrons. The molecule has 0 spiro atoms. The summed E-state index contributed by atoms with van der Waals surface area (Å²) in [6, 6.07) is 68.0. The van der Waals surface area contributed by atoms with Crippen LogP contribution in [-0.4, -0.2) is 12.6 Å². The molecule has 8 aromatic carbocycles. The summed E-state index contributed by atoms with van der Waals surface area (Å²) < 4.78 is 15.6. The number of ether oxygens (including phenoxy) is 1. The summed E-state index contributed by atoms with van der Waals surface area (Å²) in [4.78, 5) is 0. The minimum absolute atomic E-state index is 0.888. The van der Waals surface area contributed by atoms with E-state index >= 15 is 0 Å². The van der Waals surface area contributed by atoms with E-state index in [2.05, 4.69) is 180 Å². The second-order valence-electron chi connectivity index (χ2n) is 13.6. The van der Waals surface area contributed by atoms with Crippen LogP contribution in [0.3, 0.4) is 0 Å². The van der Waals surface area contributed by atoms with E-state index in [1.165, 1.54) is 42.6 Å². The van der Waals surface area contributed by atoms with E-state index in [0.717, 1.165) is 50.3 Å². The third-order valence-electron chi connectivity index (χ3n) is 11.0. The average molecular weight is 682 g/mol.